The molecule has 8 heteroatoms. The maximum atomic E-state index is 13.0. The van der Waals surface area contributed by atoms with Crippen molar-refractivity contribution in [2.24, 2.45) is 0 Å². The van der Waals surface area contributed by atoms with E-state index in [1.807, 2.05) is 13.0 Å². The summed E-state index contributed by atoms with van der Waals surface area (Å²) in [4.78, 5) is 21.8. The summed E-state index contributed by atoms with van der Waals surface area (Å²) in [5.41, 5.74) is 2.46. The second-order valence-corrected chi connectivity index (χ2v) is 5.84. The van der Waals surface area contributed by atoms with Crippen LogP contribution in [-0.2, 0) is 6.42 Å². The molecule has 0 atom stereocenters. The highest BCUT2D eigenvalue weighted by Crippen LogP contribution is 2.30. The zero-order chi connectivity index (χ0) is 16.9. The van der Waals surface area contributed by atoms with Crippen molar-refractivity contribution in [2.75, 3.05) is 13.1 Å². The number of fused-ring (bicyclic) bond motifs is 1. The number of imidazole rings is 1. The molecule has 0 saturated carbocycles. The van der Waals surface area contributed by atoms with Crippen molar-refractivity contribution >= 4 is 11.6 Å². The number of aryl methyl sites for hydroxylation is 1. The summed E-state index contributed by atoms with van der Waals surface area (Å²) in [6.07, 6.45) is 6.84. The van der Waals surface area contributed by atoms with Crippen molar-refractivity contribution in [3.63, 3.8) is 0 Å². The van der Waals surface area contributed by atoms with Gasteiger partial charge in [-0.15, -0.1) is 0 Å². The number of carbonyl (C=O) groups is 1. The number of oxazole rings is 1. The van der Waals surface area contributed by atoms with Gasteiger partial charge in [-0.2, -0.15) is 0 Å². The maximum absolute atomic E-state index is 13.0. The lowest BCUT2D eigenvalue weighted by atomic mass is 10.1. The average Bonchev–Trinajstić information content (AvgIpc) is 3.20. The van der Waals surface area contributed by atoms with Crippen molar-refractivity contribution in [2.45, 2.75) is 19.3 Å². The molecule has 0 aliphatic carbocycles. The minimum absolute atomic E-state index is 0.261. The fourth-order valence-corrected chi connectivity index (χ4v) is 2.84. The van der Waals surface area contributed by atoms with Crippen LogP contribution < -0.4 is 0 Å². The van der Waals surface area contributed by atoms with Gasteiger partial charge in [0.05, 0.1) is 31.0 Å². The molecule has 124 valence electrons. The van der Waals surface area contributed by atoms with Gasteiger partial charge in [0.15, 0.2) is 12.2 Å². The quantitative estimate of drug-likeness (QED) is 0.740. The predicted molar refractivity (Wildman–Crippen MR) is 80.9 cm³/mol. The second-order valence-electron chi connectivity index (χ2n) is 5.84. The van der Waals surface area contributed by atoms with Gasteiger partial charge in [-0.1, -0.05) is 6.92 Å². The lowest BCUT2D eigenvalue weighted by Crippen LogP contribution is -2.58. The smallest absolute Gasteiger partial charge is 0.282 e. The molecule has 0 spiro atoms. The Morgan fingerprint density at radius 2 is 2.17 bits per heavy atom. The van der Waals surface area contributed by atoms with Gasteiger partial charge in [0.1, 0.15) is 11.3 Å². The number of alkyl halides is 2. The van der Waals surface area contributed by atoms with E-state index in [0.29, 0.717) is 17.0 Å². The zero-order valence-electron chi connectivity index (χ0n) is 12.9. The molecule has 6 nitrogen and oxygen atoms in total. The molecule has 4 rings (SSSR count). The largest absolute Gasteiger partial charge is 0.443 e. The van der Waals surface area contributed by atoms with Gasteiger partial charge in [0.25, 0.3) is 11.8 Å². The summed E-state index contributed by atoms with van der Waals surface area (Å²) in [6, 6.07) is 1.93. The highest BCUT2D eigenvalue weighted by atomic mass is 19.3. The Kier molecular flexibility index (Phi) is 3.16. The van der Waals surface area contributed by atoms with E-state index >= 15 is 0 Å². The third kappa shape index (κ3) is 2.26. The molecular weight excluding hydrogens is 318 g/mol. The van der Waals surface area contributed by atoms with E-state index in [1.165, 1.54) is 12.6 Å². The van der Waals surface area contributed by atoms with E-state index in [4.69, 9.17) is 4.42 Å². The Morgan fingerprint density at radius 3 is 2.79 bits per heavy atom. The van der Waals surface area contributed by atoms with Gasteiger partial charge < -0.3 is 9.32 Å². The Morgan fingerprint density at radius 1 is 1.38 bits per heavy atom. The predicted octanol–water partition coefficient (Wildman–Crippen LogP) is 2.64. The first-order valence-corrected chi connectivity index (χ1v) is 7.54. The fourth-order valence-electron chi connectivity index (χ4n) is 2.84. The van der Waals surface area contributed by atoms with E-state index < -0.39 is 24.9 Å². The summed E-state index contributed by atoms with van der Waals surface area (Å²) in [7, 11) is 0. The molecule has 4 heterocycles. The summed E-state index contributed by atoms with van der Waals surface area (Å²) < 4.78 is 33.1. The normalized spacial score (nSPS) is 16.4. The molecule has 1 saturated heterocycles. The van der Waals surface area contributed by atoms with Gasteiger partial charge in [-0.25, -0.2) is 18.7 Å². The molecular formula is C16H14F2N4O2. The number of hydrogen-bond acceptors (Lipinski definition) is 4. The average molecular weight is 332 g/mol. The number of halogens is 2. The van der Waals surface area contributed by atoms with E-state index in [2.05, 4.69) is 9.97 Å². The molecule has 3 aromatic heterocycles. The molecule has 1 aliphatic rings. The van der Waals surface area contributed by atoms with Gasteiger partial charge in [0.2, 0.25) is 0 Å². The molecule has 24 heavy (non-hydrogen) atoms. The van der Waals surface area contributed by atoms with Gasteiger partial charge in [-0.3, -0.25) is 9.20 Å². The van der Waals surface area contributed by atoms with Crippen LogP contribution in [0.4, 0.5) is 8.78 Å². The number of likely N-dealkylation sites (tertiary alicyclic amines) is 1. The lowest BCUT2D eigenvalue weighted by molar-refractivity contribution is -0.113. The van der Waals surface area contributed by atoms with Crippen LogP contribution in [-0.4, -0.2) is 44.2 Å². The first-order valence-electron chi connectivity index (χ1n) is 7.54. The van der Waals surface area contributed by atoms with Crippen LogP contribution in [0.25, 0.3) is 17.0 Å². The number of amides is 1. The second kappa shape index (κ2) is 5.12. The van der Waals surface area contributed by atoms with Crippen LogP contribution in [0.3, 0.4) is 0 Å². The summed E-state index contributed by atoms with van der Waals surface area (Å²) in [5.74, 6) is -2.71. The van der Waals surface area contributed by atoms with Gasteiger partial charge >= 0.3 is 0 Å². The van der Waals surface area contributed by atoms with Crippen molar-refractivity contribution < 1.29 is 18.0 Å². The summed E-state index contributed by atoms with van der Waals surface area (Å²) in [5, 5.41) is 0. The van der Waals surface area contributed by atoms with Crippen LogP contribution in [0.5, 0.6) is 0 Å². The van der Waals surface area contributed by atoms with E-state index in [1.54, 1.807) is 16.8 Å². The topological polar surface area (TPSA) is 63.6 Å². The van der Waals surface area contributed by atoms with E-state index in [-0.39, 0.29) is 5.69 Å². The summed E-state index contributed by atoms with van der Waals surface area (Å²) >= 11 is 0. The number of carbonyl (C=O) groups excluding carboxylic acids is 1. The first-order chi connectivity index (χ1) is 11.5. The van der Waals surface area contributed by atoms with Crippen molar-refractivity contribution in [3.8, 4) is 11.3 Å². The molecule has 0 N–H and O–H groups in total. The summed E-state index contributed by atoms with van der Waals surface area (Å²) in [6.45, 7) is 0.878. The van der Waals surface area contributed by atoms with Crippen LogP contribution in [0.15, 0.2) is 35.5 Å². The van der Waals surface area contributed by atoms with Gasteiger partial charge in [-0.05, 0) is 18.1 Å². The number of hydrogen-bond donors (Lipinski definition) is 0. The monoisotopic (exact) mass is 332 g/mol. The molecule has 0 unspecified atom stereocenters. The number of pyridine rings is 1. The minimum atomic E-state index is -2.80. The minimum Gasteiger partial charge on any atom is -0.443 e. The zero-order valence-corrected chi connectivity index (χ0v) is 12.9. The molecule has 0 aromatic carbocycles. The molecule has 1 aliphatic heterocycles. The number of aromatic nitrogens is 3. The molecule has 0 bridgehead atoms. The van der Waals surface area contributed by atoms with Crippen molar-refractivity contribution in [1.82, 2.24) is 19.3 Å². The third-order valence-corrected chi connectivity index (χ3v) is 4.12. The number of nitrogens with zero attached hydrogens (tertiary/aromatic N) is 4. The highest BCUT2D eigenvalue weighted by molar-refractivity contribution is 5.95. The van der Waals surface area contributed by atoms with Crippen LogP contribution in [0.1, 0.15) is 23.0 Å². The van der Waals surface area contributed by atoms with Crippen LogP contribution in [0.2, 0.25) is 0 Å². The fraction of sp³-hybridized carbons (Fsp3) is 0.312. The highest BCUT2D eigenvalue weighted by Gasteiger charge is 2.47. The molecule has 1 fully saturated rings. The molecule has 1 amide bonds. The van der Waals surface area contributed by atoms with Crippen molar-refractivity contribution in [1.29, 1.82) is 0 Å². The number of rotatable bonds is 3. The van der Waals surface area contributed by atoms with E-state index in [0.717, 1.165) is 16.9 Å². The van der Waals surface area contributed by atoms with E-state index in [9.17, 15) is 13.6 Å². The Labute approximate surface area is 135 Å². The third-order valence-electron chi connectivity index (χ3n) is 4.12. The van der Waals surface area contributed by atoms with Crippen LogP contribution >= 0.6 is 0 Å². The lowest BCUT2D eigenvalue weighted by Gasteiger charge is -2.38. The van der Waals surface area contributed by atoms with Crippen LogP contribution in [0, 0.1) is 0 Å². The van der Waals surface area contributed by atoms with Crippen molar-refractivity contribution in [3.05, 3.63) is 42.3 Å². The SMILES string of the molecule is CCc1cc(-c2cnco2)c2ncc(C(=O)N3CC(F)(F)C3)n2c1. The molecule has 0 radical (unpaired) electrons. The Hall–Kier alpha value is -2.77. The molecule has 3 aromatic rings. The van der Waals surface area contributed by atoms with Gasteiger partial charge in [0, 0.05) is 6.20 Å². The Balaban J connectivity index is 1.81. The Bertz CT molecular complexity index is 910. The standard InChI is InChI=1S/C16H14F2N4O2/c1-2-10-3-11(13-5-19-9-24-13)14-20-4-12(22(14)6-10)15(23)21-7-16(17,18)8-21/h3-6,9H,2,7-8H2,1H3. The maximum Gasteiger partial charge on any atom is 0.282 e. The first kappa shape index (κ1) is 14.8.